The fraction of sp³-hybridized carbons (Fsp3) is 0.667. The molecule has 9 nitrogen and oxygen atoms in total. The molecule has 180 valence electrons. The fourth-order valence-corrected chi connectivity index (χ4v) is 4.27. The van der Waals surface area contributed by atoms with E-state index in [4.69, 9.17) is 9.15 Å². The first-order valence-electron chi connectivity index (χ1n) is 12.3. The van der Waals surface area contributed by atoms with Crippen molar-refractivity contribution in [1.82, 2.24) is 29.9 Å². The van der Waals surface area contributed by atoms with E-state index < -0.39 is 0 Å². The molecular weight excluding hydrogens is 418 g/mol. The van der Waals surface area contributed by atoms with Crippen LogP contribution in [0.3, 0.4) is 0 Å². The third-order valence-corrected chi connectivity index (χ3v) is 6.15. The number of nitrogens with zero attached hydrogens (tertiary/aromatic N) is 6. The van der Waals surface area contributed by atoms with Crippen molar-refractivity contribution >= 4 is 16.7 Å². The molecule has 1 aliphatic heterocycles. The third kappa shape index (κ3) is 5.70. The summed E-state index contributed by atoms with van der Waals surface area (Å²) in [4.78, 5) is 7.08. The standard InChI is InChI=1S/C24H37N7O2/c1-5-10-30(11-7-17(3)4)16-21-28-29-24(33-21)20-14-25-23-19(15-26-31(23)6-2)22(20)27-18-8-12-32-13-9-18/h14-15,17-18H,5-13,16H2,1-4H3,(H,25,27). The lowest BCUT2D eigenvalue weighted by molar-refractivity contribution is 0.0905. The van der Waals surface area contributed by atoms with Crippen LogP contribution in [0.5, 0.6) is 0 Å². The number of aromatic nitrogens is 5. The molecule has 3 aromatic heterocycles. The van der Waals surface area contributed by atoms with Gasteiger partial charge >= 0.3 is 0 Å². The monoisotopic (exact) mass is 455 g/mol. The number of pyridine rings is 1. The number of anilines is 1. The van der Waals surface area contributed by atoms with Crippen LogP contribution in [0.25, 0.3) is 22.5 Å². The molecule has 0 aromatic carbocycles. The van der Waals surface area contributed by atoms with E-state index in [1.165, 1.54) is 0 Å². The Bertz CT molecular complexity index is 1020. The molecule has 0 amide bonds. The highest BCUT2D eigenvalue weighted by Gasteiger charge is 2.23. The molecule has 4 heterocycles. The van der Waals surface area contributed by atoms with Crippen molar-refractivity contribution in [1.29, 1.82) is 0 Å². The number of hydrogen-bond donors (Lipinski definition) is 1. The fourth-order valence-electron chi connectivity index (χ4n) is 4.27. The Labute approximate surface area is 195 Å². The van der Waals surface area contributed by atoms with Crippen molar-refractivity contribution in [2.45, 2.75) is 72.5 Å². The van der Waals surface area contributed by atoms with Crippen LogP contribution in [-0.2, 0) is 17.8 Å². The minimum Gasteiger partial charge on any atom is -0.419 e. The van der Waals surface area contributed by atoms with E-state index in [-0.39, 0.29) is 0 Å². The Balaban J connectivity index is 1.62. The second kappa shape index (κ2) is 11.1. The third-order valence-electron chi connectivity index (χ3n) is 6.15. The van der Waals surface area contributed by atoms with E-state index in [0.29, 0.717) is 30.3 Å². The highest BCUT2D eigenvalue weighted by Crippen LogP contribution is 2.34. The van der Waals surface area contributed by atoms with Crippen LogP contribution in [0.4, 0.5) is 5.69 Å². The Morgan fingerprint density at radius 1 is 1.15 bits per heavy atom. The van der Waals surface area contributed by atoms with Gasteiger partial charge in [0.1, 0.15) is 0 Å². The zero-order valence-electron chi connectivity index (χ0n) is 20.4. The number of hydrogen-bond acceptors (Lipinski definition) is 8. The Morgan fingerprint density at radius 3 is 2.70 bits per heavy atom. The minimum atomic E-state index is 0.326. The van der Waals surface area contributed by atoms with Crippen LogP contribution >= 0.6 is 0 Å². The summed E-state index contributed by atoms with van der Waals surface area (Å²) in [7, 11) is 0. The first kappa shape index (κ1) is 23.6. The number of rotatable bonds is 11. The number of fused-ring (bicyclic) bond motifs is 1. The van der Waals surface area contributed by atoms with Crippen molar-refractivity contribution in [3.63, 3.8) is 0 Å². The van der Waals surface area contributed by atoms with Crippen LogP contribution in [0.15, 0.2) is 16.8 Å². The van der Waals surface area contributed by atoms with Gasteiger partial charge in [0.2, 0.25) is 5.89 Å². The molecule has 1 N–H and O–H groups in total. The summed E-state index contributed by atoms with van der Waals surface area (Å²) >= 11 is 0. The largest absolute Gasteiger partial charge is 0.419 e. The summed E-state index contributed by atoms with van der Waals surface area (Å²) in [6.07, 6.45) is 7.88. The van der Waals surface area contributed by atoms with Crippen LogP contribution in [0, 0.1) is 5.92 Å². The van der Waals surface area contributed by atoms with Gasteiger partial charge in [0.25, 0.3) is 5.89 Å². The van der Waals surface area contributed by atoms with E-state index in [1.54, 1.807) is 0 Å². The summed E-state index contributed by atoms with van der Waals surface area (Å²) < 4.78 is 13.6. The van der Waals surface area contributed by atoms with Crippen LogP contribution < -0.4 is 5.32 Å². The van der Waals surface area contributed by atoms with Gasteiger partial charge in [-0.25, -0.2) is 9.67 Å². The maximum absolute atomic E-state index is 6.17. The molecule has 1 saturated heterocycles. The number of nitrogens with one attached hydrogen (secondary N) is 1. The van der Waals surface area contributed by atoms with Crippen molar-refractivity contribution in [2.24, 2.45) is 5.92 Å². The minimum absolute atomic E-state index is 0.326. The smallest absolute Gasteiger partial charge is 0.251 e. The van der Waals surface area contributed by atoms with Gasteiger partial charge in [-0.2, -0.15) is 5.10 Å². The van der Waals surface area contributed by atoms with E-state index in [2.05, 4.69) is 58.2 Å². The first-order chi connectivity index (χ1) is 16.1. The predicted octanol–water partition coefficient (Wildman–Crippen LogP) is 4.35. The topological polar surface area (TPSA) is 94.1 Å². The summed E-state index contributed by atoms with van der Waals surface area (Å²) in [5.74, 6) is 1.81. The molecule has 1 aliphatic rings. The highest BCUT2D eigenvalue weighted by atomic mass is 16.5. The zero-order chi connectivity index (χ0) is 23.2. The Morgan fingerprint density at radius 2 is 1.97 bits per heavy atom. The van der Waals surface area contributed by atoms with Crippen molar-refractivity contribution < 1.29 is 9.15 Å². The lowest BCUT2D eigenvalue weighted by Gasteiger charge is -2.25. The second-order valence-corrected chi connectivity index (χ2v) is 9.24. The van der Waals surface area contributed by atoms with Gasteiger partial charge in [-0.3, -0.25) is 4.90 Å². The molecule has 0 spiro atoms. The van der Waals surface area contributed by atoms with Crippen LogP contribution in [0.1, 0.15) is 59.3 Å². The second-order valence-electron chi connectivity index (χ2n) is 9.24. The SMILES string of the molecule is CCCN(CCC(C)C)Cc1nnc(-c2cnc3c(cnn3CC)c2NC2CCOCC2)o1. The van der Waals surface area contributed by atoms with Crippen molar-refractivity contribution in [3.8, 4) is 11.5 Å². The summed E-state index contributed by atoms with van der Waals surface area (Å²) in [5, 5.41) is 18.0. The molecule has 3 aromatic rings. The van der Waals surface area contributed by atoms with Gasteiger partial charge < -0.3 is 14.5 Å². The van der Waals surface area contributed by atoms with E-state index >= 15 is 0 Å². The molecule has 9 heteroatoms. The predicted molar refractivity (Wildman–Crippen MR) is 129 cm³/mol. The van der Waals surface area contributed by atoms with Gasteiger partial charge in [0, 0.05) is 32.0 Å². The normalized spacial score (nSPS) is 15.2. The summed E-state index contributed by atoms with van der Waals surface area (Å²) in [6.45, 7) is 13.8. The van der Waals surface area contributed by atoms with E-state index in [1.807, 2.05) is 17.1 Å². The molecule has 0 radical (unpaired) electrons. The van der Waals surface area contributed by atoms with Gasteiger partial charge in [0.05, 0.1) is 29.4 Å². The summed E-state index contributed by atoms with van der Waals surface area (Å²) in [6, 6.07) is 0.326. The quantitative estimate of drug-likeness (QED) is 0.456. The zero-order valence-corrected chi connectivity index (χ0v) is 20.4. The number of ether oxygens (including phenoxy) is 1. The first-order valence-corrected chi connectivity index (χ1v) is 12.3. The molecule has 0 atom stereocenters. The average molecular weight is 456 g/mol. The maximum Gasteiger partial charge on any atom is 0.251 e. The van der Waals surface area contributed by atoms with Gasteiger partial charge in [-0.05, 0) is 51.6 Å². The Hall–Kier alpha value is -2.52. The van der Waals surface area contributed by atoms with Crippen molar-refractivity contribution in [3.05, 3.63) is 18.3 Å². The molecule has 0 aliphatic carbocycles. The van der Waals surface area contributed by atoms with Crippen LogP contribution in [-0.4, -0.2) is 62.2 Å². The molecule has 0 bridgehead atoms. The van der Waals surface area contributed by atoms with Gasteiger partial charge in [-0.15, -0.1) is 10.2 Å². The van der Waals surface area contributed by atoms with E-state index in [0.717, 1.165) is 80.8 Å². The lowest BCUT2D eigenvalue weighted by Crippen LogP contribution is -2.28. The average Bonchev–Trinajstić information content (AvgIpc) is 3.45. The van der Waals surface area contributed by atoms with Gasteiger partial charge in [-0.1, -0.05) is 20.8 Å². The molecule has 4 rings (SSSR count). The van der Waals surface area contributed by atoms with E-state index in [9.17, 15) is 0 Å². The number of aryl methyl sites for hydroxylation is 1. The lowest BCUT2D eigenvalue weighted by atomic mass is 10.1. The molecule has 1 fully saturated rings. The Kier molecular flexibility index (Phi) is 7.93. The maximum atomic E-state index is 6.17. The molecular formula is C24H37N7O2. The van der Waals surface area contributed by atoms with Crippen LogP contribution in [0.2, 0.25) is 0 Å². The molecule has 33 heavy (non-hydrogen) atoms. The van der Waals surface area contributed by atoms with Gasteiger partial charge in [0.15, 0.2) is 5.65 Å². The molecule has 0 unspecified atom stereocenters. The highest BCUT2D eigenvalue weighted by molar-refractivity contribution is 5.96. The van der Waals surface area contributed by atoms with Crippen molar-refractivity contribution in [2.75, 3.05) is 31.6 Å². The molecule has 0 saturated carbocycles. The summed E-state index contributed by atoms with van der Waals surface area (Å²) in [5.41, 5.74) is 2.65.